The van der Waals surface area contributed by atoms with Crippen LogP contribution in [0, 0.1) is 17.8 Å². The van der Waals surface area contributed by atoms with Crippen LogP contribution in [-0.2, 0) is 4.79 Å². The average Bonchev–Trinajstić information content (AvgIpc) is 3.01. The maximum Gasteiger partial charge on any atom is 0.224 e. The molecule has 0 heterocycles. The van der Waals surface area contributed by atoms with Crippen LogP contribution in [-0.4, -0.2) is 11.0 Å². The zero-order valence-electron chi connectivity index (χ0n) is 10.9. The van der Waals surface area contributed by atoms with E-state index in [0.29, 0.717) is 23.9 Å². The second-order valence-corrected chi connectivity index (χ2v) is 5.64. The molecule has 3 rings (SSSR count). The standard InChI is InChI=1S/C16H19NO2/c18-15-4-2-1-3-14(15)17-16(19)8-7-13-10-11-5-6-12(13)9-11/h1-6,11-13,18H,7-10H2,(H,17,19). The van der Waals surface area contributed by atoms with Gasteiger partial charge in [0, 0.05) is 6.42 Å². The lowest BCUT2D eigenvalue weighted by molar-refractivity contribution is -0.116. The van der Waals surface area contributed by atoms with E-state index in [1.165, 1.54) is 12.8 Å². The number of carbonyl (C=O) groups excluding carboxylic acids is 1. The zero-order valence-corrected chi connectivity index (χ0v) is 10.9. The second-order valence-electron chi connectivity index (χ2n) is 5.64. The van der Waals surface area contributed by atoms with E-state index in [4.69, 9.17) is 0 Å². The fraction of sp³-hybridized carbons (Fsp3) is 0.438. The lowest BCUT2D eigenvalue weighted by Crippen LogP contribution is -2.15. The summed E-state index contributed by atoms with van der Waals surface area (Å²) >= 11 is 0. The summed E-state index contributed by atoms with van der Waals surface area (Å²) < 4.78 is 0. The molecular weight excluding hydrogens is 238 g/mol. The first-order valence-corrected chi connectivity index (χ1v) is 6.98. The van der Waals surface area contributed by atoms with E-state index in [1.807, 2.05) is 0 Å². The van der Waals surface area contributed by atoms with Gasteiger partial charge in [0.15, 0.2) is 0 Å². The van der Waals surface area contributed by atoms with Crippen LogP contribution in [0.4, 0.5) is 5.69 Å². The maximum atomic E-state index is 11.9. The van der Waals surface area contributed by atoms with Gasteiger partial charge in [-0.2, -0.15) is 0 Å². The van der Waals surface area contributed by atoms with Gasteiger partial charge in [-0.1, -0.05) is 24.3 Å². The monoisotopic (exact) mass is 257 g/mol. The molecule has 0 spiro atoms. The summed E-state index contributed by atoms with van der Waals surface area (Å²) in [6, 6.07) is 6.84. The van der Waals surface area contributed by atoms with Crippen molar-refractivity contribution in [2.24, 2.45) is 17.8 Å². The Balaban J connectivity index is 1.50. The van der Waals surface area contributed by atoms with Gasteiger partial charge in [-0.3, -0.25) is 4.79 Å². The topological polar surface area (TPSA) is 49.3 Å². The van der Waals surface area contributed by atoms with Crippen molar-refractivity contribution in [3.63, 3.8) is 0 Å². The number of rotatable bonds is 4. The third-order valence-electron chi connectivity index (χ3n) is 4.34. The third kappa shape index (κ3) is 2.65. The van der Waals surface area contributed by atoms with Crippen molar-refractivity contribution in [2.75, 3.05) is 5.32 Å². The number of amides is 1. The third-order valence-corrected chi connectivity index (χ3v) is 4.34. The largest absolute Gasteiger partial charge is 0.506 e. The number of anilines is 1. The number of nitrogens with one attached hydrogen (secondary N) is 1. The van der Waals surface area contributed by atoms with Gasteiger partial charge in [-0.25, -0.2) is 0 Å². The van der Waals surface area contributed by atoms with E-state index < -0.39 is 0 Å². The Labute approximate surface area is 113 Å². The van der Waals surface area contributed by atoms with Crippen LogP contribution in [0.2, 0.25) is 0 Å². The predicted octanol–water partition coefficient (Wildman–Crippen LogP) is 3.32. The highest BCUT2D eigenvalue weighted by Crippen LogP contribution is 2.45. The molecule has 3 unspecified atom stereocenters. The molecule has 2 bridgehead atoms. The van der Waals surface area contributed by atoms with Gasteiger partial charge in [0.2, 0.25) is 5.91 Å². The first-order valence-electron chi connectivity index (χ1n) is 6.98. The summed E-state index contributed by atoms with van der Waals surface area (Å²) in [5.74, 6) is 2.25. The Hall–Kier alpha value is -1.77. The number of hydrogen-bond acceptors (Lipinski definition) is 2. The molecule has 100 valence electrons. The van der Waals surface area contributed by atoms with Gasteiger partial charge < -0.3 is 10.4 Å². The summed E-state index contributed by atoms with van der Waals surface area (Å²) in [5, 5.41) is 12.4. The van der Waals surface area contributed by atoms with Crippen molar-refractivity contribution in [3.05, 3.63) is 36.4 Å². The number of fused-ring (bicyclic) bond motifs is 2. The maximum absolute atomic E-state index is 11.9. The molecule has 2 aliphatic rings. The summed E-state index contributed by atoms with van der Waals surface area (Å²) in [6.45, 7) is 0. The first kappa shape index (κ1) is 12.3. The molecule has 1 amide bonds. The highest BCUT2D eigenvalue weighted by Gasteiger charge is 2.35. The van der Waals surface area contributed by atoms with E-state index in [0.717, 1.165) is 12.3 Å². The van der Waals surface area contributed by atoms with Crippen molar-refractivity contribution >= 4 is 11.6 Å². The van der Waals surface area contributed by atoms with Gasteiger partial charge in [0.25, 0.3) is 0 Å². The SMILES string of the molecule is O=C(CCC1CC2C=CC1C2)Nc1ccccc1O. The summed E-state index contributed by atoms with van der Waals surface area (Å²) in [5.41, 5.74) is 0.500. The number of aromatic hydroxyl groups is 1. The number of hydrogen-bond donors (Lipinski definition) is 2. The highest BCUT2D eigenvalue weighted by molar-refractivity contribution is 5.92. The Morgan fingerprint density at radius 2 is 2.11 bits per heavy atom. The minimum atomic E-state index is -0.00625. The molecule has 2 aliphatic carbocycles. The van der Waals surface area contributed by atoms with Gasteiger partial charge >= 0.3 is 0 Å². The van der Waals surface area contributed by atoms with E-state index in [9.17, 15) is 9.90 Å². The zero-order chi connectivity index (χ0) is 13.2. The number of allylic oxidation sites excluding steroid dienone is 2. The van der Waals surface area contributed by atoms with E-state index >= 15 is 0 Å². The minimum absolute atomic E-state index is 0.00625. The Bertz CT molecular complexity index is 509. The molecule has 1 aromatic rings. The number of phenolic OH excluding ortho intramolecular Hbond substituents is 1. The molecule has 3 nitrogen and oxygen atoms in total. The predicted molar refractivity (Wildman–Crippen MR) is 74.8 cm³/mol. The smallest absolute Gasteiger partial charge is 0.224 e. The van der Waals surface area contributed by atoms with Crippen LogP contribution in [0.25, 0.3) is 0 Å². The molecule has 3 heteroatoms. The van der Waals surface area contributed by atoms with E-state index in [-0.39, 0.29) is 11.7 Å². The van der Waals surface area contributed by atoms with Crippen molar-refractivity contribution < 1.29 is 9.90 Å². The quantitative estimate of drug-likeness (QED) is 0.642. The molecule has 1 fully saturated rings. The first-order chi connectivity index (χ1) is 9.22. The molecule has 1 aromatic carbocycles. The molecule has 0 aliphatic heterocycles. The molecule has 19 heavy (non-hydrogen) atoms. The Morgan fingerprint density at radius 3 is 2.79 bits per heavy atom. The summed E-state index contributed by atoms with van der Waals surface area (Å²) in [4.78, 5) is 11.9. The fourth-order valence-electron chi connectivity index (χ4n) is 3.34. The van der Waals surface area contributed by atoms with Crippen molar-refractivity contribution in [1.29, 1.82) is 0 Å². The molecule has 0 aromatic heterocycles. The average molecular weight is 257 g/mol. The molecule has 3 atom stereocenters. The van der Waals surface area contributed by atoms with Crippen LogP contribution >= 0.6 is 0 Å². The van der Waals surface area contributed by atoms with Gasteiger partial charge in [-0.05, 0) is 49.1 Å². The normalized spacial score (nSPS) is 27.7. The van der Waals surface area contributed by atoms with Crippen LogP contribution in [0.15, 0.2) is 36.4 Å². The van der Waals surface area contributed by atoms with Crippen molar-refractivity contribution in [2.45, 2.75) is 25.7 Å². The van der Waals surface area contributed by atoms with Crippen LogP contribution in [0.1, 0.15) is 25.7 Å². The van der Waals surface area contributed by atoms with Crippen molar-refractivity contribution in [3.8, 4) is 5.75 Å². The summed E-state index contributed by atoms with van der Waals surface area (Å²) in [6.07, 6.45) is 8.65. The number of benzene rings is 1. The summed E-state index contributed by atoms with van der Waals surface area (Å²) in [7, 11) is 0. The highest BCUT2D eigenvalue weighted by atomic mass is 16.3. The lowest BCUT2D eigenvalue weighted by atomic mass is 9.89. The van der Waals surface area contributed by atoms with E-state index in [1.54, 1.807) is 24.3 Å². The number of carbonyl (C=O) groups is 1. The molecular formula is C16H19NO2. The number of para-hydroxylation sites is 2. The molecule has 1 saturated carbocycles. The van der Waals surface area contributed by atoms with Gasteiger partial charge in [-0.15, -0.1) is 0 Å². The van der Waals surface area contributed by atoms with Crippen LogP contribution in [0.3, 0.4) is 0 Å². The number of phenols is 1. The Kier molecular flexibility index (Phi) is 3.28. The Morgan fingerprint density at radius 1 is 1.26 bits per heavy atom. The van der Waals surface area contributed by atoms with Crippen molar-refractivity contribution in [1.82, 2.24) is 0 Å². The fourth-order valence-corrected chi connectivity index (χ4v) is 3.34. The molecule has 2 N–H and O–H groups in total. The minimum Gasteiger partial charge on any atom is -0.506 e. The van der Waals surface area contributed by atoms with Crippen LogP contribution in [0.5, 0.6) is 5.75 Å². The molecule has 0 radical (unpaired) electrons. The van der Waals surface area contributed by atoms with Crippen LogP contribution < -0.4 is 5.32 Å². The second kappa shape index (κ2) is 5.08. The molecule has 0 saturated heterocycles. The van der Waals surface area contributed by atoms with E-state index in [2.05, 4.69) is 17.5 Å². The van der Waals surface area contributed by atoms with Gasteiger partial charge in [0.1, 0.15) is 5.75 Å². The lowest BCUT2D eigenvalue weighted by Gasteiger charge is -2.17. The van der Waals surface area contributed by atoms with Gasteiger partial charge in [0.05, 0.1) is 5.69 Å².